The standard InChI is InChI=1S/C16H23N5O2/c22-15(11-19-16(23)13-2-1-4-18-10-13)21-7-3-14(12-21)20-8-5-17-6-9-20/h1-2,4,10,14,17H,3,5-9,11-12H2,(H,19,23). The predicted octanol–water partition coefficient (Wildman–Crippen LogP) is -0.682. The number of nitrogens with one attached hydrogen (secondary N) is 2. The third-order valence-electron chi connectivity index (χ3n) is 4.51. The van der Waals surface area contributed by atoms with Crippen LogP contribution in [0.5, 0.6) is 0 Å². The molecule has 1 aromatic heterocycles. The summed E-state index contributed by atoms with van der Waals surface area (Å²) in [5, 5.41) is 6.02. The summed E-state index contributed by atoms with van der Waals surface area (Å²) in [5.41, 5.74) is 0.473. The third kappa shape index (κ3) is 4.05. The van der Waals surface area contributed by atoms with Gasteiger partial charge in [-0.15, -0.1) is 0 Å². The summed E-state index contributed by atoms with van der Waals surface area (Å²) in [4.78, 5) is 32.4. The fraction of sp³-hybridized carbons (Fsp3) is 0.562. The summed E-state index contributed by atoms with van der Waals surface area (Å²) in [7, 11) is 0. The molecule has 1 aromatic rings. The fourth-order valence-corrected chi connectivity index (χ4v) is 3.18. The van der Waals surface area contributed by atoms with E-state index in [0.717, 1.165) is 45.7 Å². The molecule has 2 aliphatic heterocycles. The Kier molecular flexibility index (Phi) is 5.19. The highest BCUT2D eigenvalue weighted by Crippen LogP contribution is 2.16. The highest BCUT2D eigenvalue weighted by molar-refractivity contribution is 5.96. The van der Waals surface area contributed by atoms with Crippen molar-refractivity contribution in [2.45, 2.75) is 12.5 Å². The predicted molar refractivity (Wildman–Crippen MR) is 86.0 cm³/mol. The van der Waals surface area contributed by atoms with Crippen LogP contribution >= 0.6 is 0 Å². The first kappa shape index (κ1) is 15.9. The van der Waals surface area contributed by atoms with Crippen LogP contribution in [0, 0.1) is 0 Å². The molecule has 23 heavy (non-hydrogen) atoms. The maximum absolute atomic E-state index is 12.3. The molecule has 0 radical (unpaired) electrons. The lowest BCUT2D eigenvalue weighted by molar-refractivity contribution is -0.129. The molecular formula is C16H23N5O2. The summed E-state index contributed by atoms with van der Waals surface area (Å²) < 4.78 is 0. The van der Waals surface area contributed by atoms with Gasteiger partial charge in [0, 0.05) is 57.7 Å². The first-order chi connectivity index (χ1) is 11.2. The van der Waals surface area contributed by atoms with Gasteiger partial charge in [-0.05, 0) is 18.6 Å². The number of nitrogens with zero attached hydrogens (tertiary/aromatic N) is 3. The molecule has 3 heterocycles. The number of aromatic nitrogens is 1. The van der Waals surface area contributed by atoms with Crippen LogP contribution in [0.15, 0.2) is 24.5 Å². The SMILES string of the molecule is O=C(NCC(=O)N1CCC(N2CCNCC2)C1)c1cccnc1. The quantitative estimate of drug-likeness (QED) is 0.769. The lowest BCUT2D eigenvalue weighted by Crippen LogP contribution is -2.49. The Balaban J connectivity index is 1.45. The fourth-order valence-electron chi connectivity index (χ4n) is 3.18. The molecule has 3 rings (SSSR count). The van der Waals surface area contributed by atoms with E-state index in [1.165, 1.54) is 6.20 Å². The van der Waals surface area contributed by atoms with Gasteiger partial charge in [0.1, 0.15) is 0 Å². The molecule has 0 aliphatic carbocycles. The van der Waals surface area contributed by atoms with E-state index in [1.54, 1.807) is 18.3 Å². The van der Waals surface area contributed by atoms with Crippen molar-refractivity contribution in [3.63, 3.8) is 0 Å². The minimum Gasteiger partial charge on any atom is -0.343 e. The van der Waals surface area contributed by atoms with E-state index in [2.05, 4.69) is 20.5 Å². The monoisotopic (exact) mass is 317 g/mol. The second-order valence-electron chi connectivity index (χ2n) is 5.99. The van der Waals surface area contributed by atoms with Crippen LogP contribution in [0.3, 0.4) is 0 Å². The van der Waals surface area contributed by atoms with Crippen LogP contribution in [0.25, 0.3) is 0 Å². The summed E-state index contributed by atoms with van der Waals surface area (Å²) in [6, 6.07) is 3.84. The summed E-state index contributed by atoms with van der Waals surface area (Å²) >= 11 is 0. The number of pyridine rings is 1. The van der Waals surface area contributed by atoms with E-state index in [-0.39, 0.29) is 18.4 Å². The van der Waals surface area contributed by atoms with E-state index < -0.39 is 0 Å². The Bertz CT molecular complexity index is 545. The molecule has 0 spiro atoms. The van der Waals surface area contributed by atoms with Gasteiger partial charge in [0.15, 0.2) is 0 Å². The zero-order chi connectivity index (χ0) is 16.1. The summed E-state index contributed by atoms with van der Waals surface area (Å²) in [6.07, 6.45) is 4.13. The van der Waals surface area contributed by atoms with Crippen molar-refractivity contribution >= 4 is 11.8 Å². The van der Waals surface area contributed by atoms with Crippen LogP contribution in [-0.2, 0) is 4.79 Å². The van der Waals surface area contributed by atoms with Crippen molar-refractivity contribution in [2.24, 2.45) is 0 Å². The maximum Gasteiger partial charge on any atom is 0.253 e. The molecule has 0 bridgehead atoms. The van der Waals surface area contributed by atoms with Crippen molar-refractivity contribution in [2.75, 3.05) is 45.8 Å². The van der Waals surface area contributed by atoms with Gasteiger partial charge >= 0.3 is 0 Å². The number of amides is 2. The van der Waals surface area contributed by atoms with Gasteiger partial charge < -0.3 is 15.5 Å². The summed E-state index contributed by atoms with van der Waals surface area (Å²) in [5.74, 6) is -0.274. The topological polar surface area (TPSA) is 77.6 Å². The summed E-state index contributed by atoms with van der Waals surface area (Å²) in [6.45, 7) is 5.71. The van der Waals surface area contributed by atoms with Crippen LogP contribution < -0.4 is 10.6 Å². The minimum atomic E-state index is -0.260. The molecular weight excluding hydrogens is 294 g/mol. The van der Waals surface area contributed by atoms with E-state index in [4.69, 9.17) is 0 Å². The molecule has 2 fully saturated rings. The molecule has 124 valence electrons. The number of hydrogen-bond acceptors (Lipinski definition) is 5. The van der Waals surface area contributed by atoms with Crippen molar-refractivity contribution in [1.82, 2.24) is 25.4 Å². The number of likely N-dealkylation sites (tertiary alicyclic amines) is 1. The largest absolute Gasteiger partial charge is 0.343 e. The molecule has 2 amide bonds. The number of carbonyl (C=O) groups excluding carboxylic acids is 2. The van der Waals surface area contributed by atoms with Crippen molar-refractivity contribution in [3.05, 3.63) is 30.1 Å². The first-order valence-electron chi connectivity index (χ1n) is 8.15. The van der Waals surface area contributed by atoms with Crippen LogP contribution in [0.4, 0.5) is 0 Å². The second kappa shape index (κ2) is 7.52. The first-order valence-corrected chi connectivity index (χ1v) is 8.15. The van der Waals surface area contributed by atoms with Crippen LogP contribution in [-0.4, -0.2) is 78.5 Å². The average molecular weight is 317 g/mol. The Labute approximate surface area is 136 Å². The highest BCUT2D eigenvalue weighted by Gasteiger charge is 2.30. The molecule has 2 saturated heterocycles. The van der Waals surface area contributed by atoms with Crippen molar-refractivity contribution in [3.8, 4) is 0 Å². The van der Waals surface area contributed by atoms with Gasteiger partial charge in [0.05, 0.1) is 12.1 Å². The molecule has 1 unspecified atom stereocenters. The normalized spacial score (nSPS) is 22.1. The lowest BCUT2D eigenvalue weighted by atomic mass is 10.2. The molecule has 7 heteroatoms. The minimum absolute atomic E-state index is 0.0140. The van der Waals surface area contributed by atoms with Crippen molar-refractivity contribution < 1.29 is 9.59 Å². The molecule has 7 nitrogen and oxygen atoms in total. The van der Waals surface area contributed by atoms with Gasteiger partial charge in [0.25, 0.3) is 5.91 Å². The van der Waals surface area contributed by atoms with Gasteiger partial charge in [0.2, 0.25) is 5.91 Å². The Morgan fingerprint density at radius 3 is 2.87 bits per heavy atom. The van der Waals surface area contributed by atoms with Gasteiger partial charge in [-0.3, -0.25) is 19.5 Å². The van der Waals surface area contributed by atoms with E-state index in [9.17, 15) is 9.59 Å². The van der Waals surface area contributed by atoms with Crippen LogP contribution in [0.2, 0.25) is 0 Å². The number of rotatable bonds is 4. The third-order valence-corrected chi connectivity index (χ3v) is 4.51. The molecule has 0 aromatic carbocycles. The Morgan fingerprint density at radius 1 is 1.30 bits per heavy atom. The van der Waals surface area contributed by atoms with Gasteiger partial charge in [-0.25, -0.2) is 0 Å². The van der Waals surface area contributed by atoms with Crippen LogP contribution in [0.1, 0.15) is 16.8 Å². The number of hydrogen-bond donors (Lipinski definition) is 2. The highest BCUT2D eigenvalue weighted by atomic mass is 16.2. The van der Waals surface area contributed by atoms with E-state index in [0.29, 0.717) is 11.6 Å². The molecule has 0 saturated carbocycles. The zero-order valence-electron chi connectivity index (χ0n) is 13.2. The van der Waals surface area contributed by atoms with Crippen molar-refractivity contribution in [1.29, 1.82) is 0 Å². The molecule has 2 N–H and O–H groups in total. The van der Waals surface area contributed by atoms with E-state index >= 15 is 0 Å². The second-order valence-corrected chi connectivity index (χ2v) is 5.99. The smallest absolute Gasteiger partial charge is 0.253 e. The number of piperazine rings is 1. The lowest BCUT2D eigenvalue weighted by Gasteiger charge is -2.32. The average Bonchev–Trinajstić information content (AvgIpc) is 3.11. The van der Waals surface area contributed by atoms with Gasteiger partial charge in [-0.1, -0.05) is 0 Å². The van der Waals surface area contributed by atoms with Gasteiger partial charge in [-0.2, -0.15) is 0 Å². The Morgan fingerprint density at radius 2 is 2.13 bits per heavy atom. The number of carbonyl (C=O) groups is 2. The molecule has 2 aliphatic rings. The maximum atomic E-state index is 12.3. The molecule has 1 atom stereocenters. The Hall–Kier alpha value is -1.99. The zero-order valence-corrected chi connectivity index (χ0v) is 13.2. The van der Waals surface area contributed by atoms with E-state index in [1.807, 2.05) is 4.90 Å².